The Morgan fingerprint density at radius 1 is 0.947 bits per heavy atom. The molecule has 0 heterocycles. The molecule has 0 saturated heterocycles. The fraction of sp³-hybridized carbons (Fsp3) is 0.941. The van der Waals surface area contributed by atoms with E-state index in [1.54, 1.807) is 0 Å². The summed E-state index contributed by atoms with van der Waals surface area (Å²) < 4.78 is 0. The van der Waals surface area contributed by atoms with Crippen LogP contribution in [0.5, 0.6) is 0 Å². The lowest BCUT2D eigenvalue weighted by Gasteiger charge is -2.18. The van der Waals surface area contributed by atoms with E-state index in [2.05, 4.69) is 27.7 Å². The molecular weight excluding hydrogens is 236 g/mol. The topological polar surface area (TPSA) is 37.3 Å². The predicted molar refractivity (Wildman–Crippen MR) is 82.4 cm³/mol. The van der Waals surface area contributed by atoms with Gasteiger partial charge in [0.1, 0.15) is 0 Å². The SMILES string of the molecule is CCC(CC)CC(CCCCCCC(C)C)C(=O)O. The highest BCUT2D eigenvalue weighted by Crippen LogP contribution is 2.24. The van der Waals surface area contributed by atoms with Gasteiger partial charge in [0.25, 0.3) is 0 Å². The summed E-state index contributed by atoms with van der Waals surface area (Å²) in [5.41, 5.74) is 0. The fourth-order valence-corrected chi connectivity index (χ4v) is 2.66. The molecular formula is C17H34O2. The number of hydrogen-bond donors (Lipinski definition) is 1. The number of carboxylic acids is 1. The van der Waals surface area contributed by atoms with Gasteiger partial charge in [-0.1, -0.05) is 72.6 Å². The van der Waals surface area contributed by atoms with Gasteiger partial charge in [-0.3, -0.25) is 4.79 Å². The minimum Gasteiger partial charge on any atom is -0.481 e. The lowest BCUT2D eigenvalue weighted by atomic mass is 9.87. The van der Waals surface area contributed by atoms with Crippen LogP contribution in [0.4, 0.5) is 0 Å². The van der Waals surface area contributed by atoms with Crippen LogP contribution in [0, 0.1) is 17.8 Å². The van der Waals surface area contributed by atoms with Crippen LogP contribution in [-0.2, 0) is 4.79 Å². The van der Waals surface area contributed by atoms with Crippen molar-refractivity contribution >= 4 is 5.97 Å². The third-order valence-corrected chi connectivity index (χ3v) is 4.21. The lowest BCUT2D eigenvalue weighted by Crippen LogP contribution is -2.17. The van der Waals surface area contributed by atoms with Gasteiger partial charge in [0.05, 0.1) is 5.92 Å². The van der Waals surface area contributed by atoms with Crippen LogP contribution >= 0.6 is 0 Å². The highest BCUT2D eigenvalue weighted by atomic mass is 16.4. The summed E-state index contributed by atoms with van der Waals surface area (Å²) in [6.07, 6.45) is 10.1. The van der Waals surface area contributed by atoms with Crippen molar-refractivity contribution in [2.24, 2.45) is 17.8 Å². The smallest absolute Gasteiger partial charge is 0.306 e. The number of carboxylic acid groups (broad SMARTS) is 1. The van der Waals surface area contributed by atoms with E-state index >= 15 is 0 Å². The summed E-state index contributed by atoms with van der Waals surface area (Å²) in [5.74, 6) is 0.674. The average molecular weight is 270 g/mol. The minimum atomic E-state index is -0.589. The molecule has 19 heavy (non-hydrogen) atoms. The lowest BCUT2D eigenvalue weighted by molar-refractivity contribution is -0.142. The monoisotopic (exact) mass is 270 g/mol. The molecule has 0 spiro atoms. The summed E-state index contributed by atoms with van der Waals surface area (Å²) in [6.45, 7) is 8.85. The van der Waals surface area contributed by atoms with Crippen LogP contribution in [0.1, 0.15) is 85.5 Å². The molecule has 0 saturated carbocycles. The molecule has 0 aliphatic heterocycles. The van der Waals surface area contributed by atoms with Crippen molar-refractivity contribution in [3.63, 3.8) is 0 Å². The first kappa shape index (κ1) is 18.5. The van der Waals surface area contributed by atoms with E-state index < -0.39 is 5.97 Å². The van der Waals surface area contributed by atoms with Gasteiger partial charge in [-0.05, 0) is 24.7 Å². The number of unbranched alkanes of at least 4 members (excludes halogenated alkanes) is 3. The fourth-order valence-electron chi connectivity index (χ4n) is 2.66. The second-order valence-corrected chi connectivity index (χ2v) is 6.34. The van der Waals surface area contributed by atoms with Crippen molar-refractivity contribution in [2.45, 2.75) is 85.5 Å². The van der Waals surface area contributed by atoms with E-state index in [9.17, 15) is 9.90 Å². The van der Waals surface area contributed by atoms with E-state index in [1.165, 1.54) is 25.7 Å². The molecule has 2 heteroatoms. The number of rotatable bonds is 12. The summed E-state index contributed by atoms with van der Waals surface area (Å²) >= 11 is 0. The van der Waals surface area contributed by atoms with Gasteiger partial charge in [-0.15, -0.1) is 0 Å². The molecule has 0 rings (SSSR count). The van der Waals surface area contributed by atoms with Gasteiger partial charge in [0.15, 0.2) is 0 Å². The van der Waals surface area contributed by atoms with Gasteiger partial charge >= 0.3 is 5.97 Å². The number of aliphatic carboxylic acids is 1. The van der Waals surface area contributed by atoms with Gasteiger partial charge in [-0.2, -0.15) is 0 Å². The molecule has 114 valence electrons. The standard InChI is InChI=1S/C17H34O2/c1-5-15(6-2)13-16(17(18)19)12-10-8-7-9-11-14(3)4/h14-16H,5-13H2,1-4H3,(H,18,19). The normalized spacial score (nSPS) is 13.2. The number of hydrogen-bond acceptors (Lipinski definition) is 1. The Balaban J connectivity index is 3.80. The minimum absolute atomic E-state index is 0.116. The zero-order chi connectivity index (χ0) is 14.7. The van der Waals surface area contributed by atoms with Gasteiger partial charge in [0.2, 0.25) is 0 Å². The Morgan fingerprint density at radius 2 is 1.47 bits per heavy atom. The first-order valence-electron chi connectivity index (χ1n) is 8.23. The number of carbonyl (C=O) groups is 1. The Hall–Kier alpha value is -0.530. The highest BCUT2D eigenvalue weighted by molar-refractivity contribution is 5.69. The van der Waals surface area contributed by atoms with Crippen molar-refractivity contribution in [3.05, 3.63) is 0 Å². The molecule has 0 radical (unpaired) electrons. The van der Waals surface area contributed by atoms with E-state index in [1.807, 2.05) is 0 Å². The summed E-state index contributed by atoms with van der Waals surface area (Å²) in [6, 6.07) is 0. The average Bonchev–Trinajstić information content (AvgIpc) is 2.36. The highest BCUT2D eigenvalue weighted by Gasteiger charge is 2.20. The van der Waals surface area contributed by atoms with Crippen molar-refractivity contribution in [2.75, 3.05) is 0 Å². The molecule has 1 unspecified atom stereocenters. The third kappa shape index (κ3) is 9.98. The van der Waals surface area contributed by atoms with E-state index in [0.29, 0.717) is 5.92 Å². The van der Waals surface area contributed by atoms with Crippen LogP contribution in [0.25, 0.3) is 0 Å². The molecule has 0 amide bonds. The van der Waals surface area contributed by atoms with Crippen LogP contribution in [0.2, 0.25) is 0 Å². The van der Waals surface area contributed by atoms with Gasteiger partial charge in [-0.25, -0.2) is 0 Å². The Morgan fingerprint density at radius 3 is 1.89 bits per heavy atom. The molecule has 0 fully saturated rings. The maximum absolute atomic E-state index is 11.3. The maximum Gasteiger partial charge on any atom is 0.306 e. The van der Waals surface area contributed by atoms with Crippen molar-refractivity contribution in [1.29, 1.82) is 0 Å². The summed E-state index contributed by atoms with van der Waals surface area (Å²) in [5, 5.41) is 9.29. The van der Waals surface area contributed by atoms with Crippen LogP contribution in [-0.4, -0.2) is 11.1 Å². The molecule has 0 aromatic heterocycles. The molecule has 0 aliphatic carbocycles. The van der Waals surface area contributed by atoms with Gasteiger partial charge < -0.3 is 5.11 Å². The van der Waals surface area contributed by atoms with Gasteiger partial charge in [0, 0.05) is 0 Å². The quantitative estimate of drug-likeness (QED) is 0.475. The summed E-state index contributed by atoms with van der Waals surface area (Å²) in [7, 11) is 0. The third-order valence-electron chi connectivity index (χ3n) is 4.21. The predicted octanol–water partition coefficient (Wildman–Crippen LogP) is 5.51. The van der Waals surface area contributed by atoms with Crippen LogP contribution in [0.15, 0.2) is 0 Å². The van der Waals surface area contributed by atoms with E-state index in [4.69, 9.17) is 0 Å². The largest absolute Gasteiger partial charge is 0.481 e. The van der Waals surface area contributed by atoms with E-state index in [-0.39, 0.29) is 5.92 Å². The van der Waals surface area contributed by atoms with Crippen molar-refractivity contribution in [1.82, 2.24) is 0 Å². The Labute approximate surface area is 120 Å². The molecule has 0 aliphatic rings. The van der Waals surface area contributed by atoms with Crippen LogP contribution < -0.4 is 0 Å². The second kappa shape index (κ2) is 11.3. The molecule has 0 bridgehead atoms. The first-order chi connectivity index (χ1) is 9.01. The maximum atomic E-state index is 11.3. The molecule has 0 aromatic carbocycles. The second-order valence-electron chi connectivity index (χ2n) is 6.34. The van der Waals surface area contributed by atoms with Crippen LogP contribution in [0.3, 0.4) is 0 Å². The molecule has 2 nitrogen and oxygen atoms in total. The van der Waals surface area contributed by atoms with Crippen molar-refractivity contribution < 1.29 is 9.90 Å². The zero-order valence-electron chi connectivity index (χ0n) is 13.5. The molecule has 1 atom stereocenters. The zero-order valence-corrected chi connectivity index (χ0v) is 13.5. The molecule has 1 N–H and O–H groups in total. The van der Waals surface area contributed by atoms with E-state index in [0.717, 1.165) is 38.0 Å². The molecule has 0 aromatic rings. The summed E-state index contributed by atoms with van der Waals surface area (Å²) in [4.78, 5) is 11.3. The van der Waals surface area contributed by atoms with Crippen molar-refractivity contribution in [3.8, 4) is 0 Å². The Bertz CT molecular complexity index is 219. The Kier molecular flexibility index (Phi) is 11.0. The first-order valence-corrected chi connectivity index (χ1v) is 8.23.